The summed E-state index contributed by atoms with van der Waals surface area (Å²) in [6.07, 6.45) is 1.65. The monoisotopic (exact) mass is 276 g/mol. The van der Waals surface area contributed by atoms with Crippen LogP contribution in [-0.2, 0) is 0 Å². The topological polar surface area (TPSA) is 68.6 Å². The van der Waals surface area contributed by atoms with E-state index in [-0.39, 0.29) is 6.79 Å². The zero-order valence-electron chi connectivity index (χ0n) is 9.71. The van der Waals surface area contributed by atoms with Crippen molar-refractivity contribution in [2.45, 2.75) is 0 Å². The van der Waals surface area contributed by atoms with Gasteiger partial charge in [-0.3, -0.25) is 5.43 Å². The molecule has 1 aromatic heterocycles. The van der Waals surface area contributed by atoms with Gasteiger partial charge in [0.15, 0.2) is 22.5 Å². The molecule has 0 atom stereocenters. The second-order valence-corrected chi connectivity index (χ2v) is 4.11. The molecule has 0 aliphatic carbocycles. The van der Waals surface area contributed by atoms with E-state index in [1.807, 2.05) is 18.2 Å². The Bertz CT molecular complexity index is 616. The quantitative estimate of drug-likeness (QED) is 0.688. The Labute approximate surface area is 114 Å². The average Bonchev–Trinajstić information content (AvgIpc) is 2.88. The highest BCUT2D eigenvalue weighted by Gasteiger charge is 2.12. The van der Waals surface area contributed by atoms with Crippen LogP contribution in [0.5, 0.6) is 11.5 Å². The second-order valence-electron chi connectivity index (χ2n) is 3.72. The van der Waals surface area contributed by atoms with E-state index in [0.29, 0.717) is 11.0 Å². The van der Waals surface area contributed by atoms with Gasteiger partial charge in [-0.05, 0) is 35.9 Å². The van der Waals surface area contributed by atoms with Crippen LogP contribution in [0.2, 0.25) is 5.15 Å². The maximum Gasteiger partial charge on any atom is 0.231 e. The normalized spacial score (nSPS) is 12.9. The third-order valence-electron chi connectivity index (χ3n) is 2.42. The summed E-state index contributed by atoms with van der Waals surface area (Å²) in [5.41, 5.74) is 3.64. The van der Waals surface area contributed by atoms with Crippen molar-refractivity contribution in [3.63, 3.8) is 0 Å². The number of benzene rings is 1. The van der Waals surface area contributed by atoms with Crippen LogP contribution in [0.25, 0.3) is 0 Å². The fraction of sp³-hybridized carbons (Fsp3) is 0.0833. The maximum absolute atomic E-state index is 5.63. The first-order chi connectivity index (χ1) is 9.31. The minimum atomic E-state index is 0.258. The molecule has 3 rings (SSSR count). The summed E-state index contributed by atoms with van der Waals surface area (Å²) in [4.78, 5) is 0. The second kappa shape index (κ2) is 5.11. The van der Waals surface area contributed by atoms with Crippen LogP contribution in [0, 0.1) is 0 Å². The zero-order chi connectivity index (χ0) is 13.1. The van der Waals surface area contributed by atoms with E-state index in [1.54, 1.807) is 18.3 Å². The van der Waals surface area contributed by atoms with Gasteiger partial charge in [0.25, 0.3) is 0 Å². The Morgan fingerprint density at radius 2 is 2.05 bits per heavy atom. The van der Waals surface area contributed by atoms with Crippen LogP contribution in [0.15, 0.2) is 35.4 Å². The van der Waals surface area contributed by atoms with Crippen molar-refractivity contribution in [3.8, 4) is 11.5 Å². The lowest BCUT2D eigenvalue weighted by Gasteiger charge is -1.99. The van der Waals surface area contributed by atoms with Crippen LogP contribution in [0.1, 0.15) is 5.56 Å². The van der Waals surface area contributed by atoms with Crippen molar-refractivity contribution in [3.05, 3.63) is 41.0 Å². The predicted molar refractivity (Wildman–Crippen MR) is 70.8 cm³/mol. The lowest BCUT2D eigenvalue weighted by Crippen LogP contribution is -1.95. The molecule has 1 aromatic carbocycles. The molecule has 0 saturated carbocycles. The highest BCUT2D eigenvalue weighted by atomic mass is 35.5. The van der Waals surface area contributed by atoms with Crippen LogP contribution >= 0.6 is 11.6 Å². The van der Waals surface area contributed by atoms with Crippen molar-refractivity contribution in [2.75, 3.05) is 12.2 Å². The number of rotatable bonds is 3. The summed E-state index contributed by atoms with van der Waals surface area (Å²) < 4.78 is 10.5. The Hall–Kier alpha value is -2.34. The van der Waals surface area contributed by atoms with Gasteiger partial charge in [0, 0.05) is 0 Å². The van der Waals surface area contributed by atoms with Gasteiger partial charge in [-0.1, -0.05) is 11.6 Å². The largest absolute Gasteiger partial charge is 0.454 e. The predicted octanol–water partition coefficient (Wildman–Crippen LogP) is 2.30. The van der Waals surface area contributed by atoms with Gasteiger partial charge in [-0.2, -0.15) is 5.10 Å². The maximum atomic E-state index is 5.63. The van der Waals surface area contributed by atoms with E-state index in [9.17, 15) is 0 Å². The van der Waals surface area contributed by atoms with Crippen molar-refractivity contribution < 1.29 is 9.47 Å². The molecule has 0 spiro atoms. The summed E-state index contributed by atoms with van der Waals surface area (Å²) in [7, 11) is 0. The summed E-state index contributed by atoms with van der Waals surface area (Å²) in [5.74, 6) is 1.98. The standard InChI is InChI=1S/C12H9ClN4O2/c13-11-3-4-12(17-15-11)16-14-6-8-1-2-9-10(5-8)19-7-18-9/h1-6H,7H2,(H,16,17)/b14-6+. The lowest BCUT2D eigenvalue weighted by molar-refractivity contribution is 0.174. The minimum absolute atomic E-state index is 0.258. The summed E-state index contributed by atoms with van der Waals surface area (Å²) in [6.45, 7) is 0.258. The third kappa shape index (κ3) is 2.74. The van der Waals surface area contributed by atoms with E-state index in [0.717, 1.165) is 17.1 Å². The first-order valence-corrected chi connectivity index (χ1v) is 5.87. The fourth-order valence-corrected chi connectivity index (χ4v) is 1.64. The number of nitrogens with zero attached hydrogens (tertiary/aromatic N) is 3. The number of halogens is 1. The molecule has 19 heavy (non-hydrogen) atoms. The molecule has 0 saturated heterocycles. The Morgan fingerprint density at radius 3 is 2.89 bits per heavy atom. The van der Waals surface area contributed by atoms with Crippen molar-refractivity contribution in [2.24, 2.45) is 5.10 Å². The molecule has 0 unspecified atom stereocenters. The summed E-state index contributed by atoms with van der Waals surface area (Å²) in [5, 5.41) is 11.9. The molecule has 0 bridgehead atoms. The molecule has 2 aromatic rings. The molecule has 0 radical (unpaired) electrons. The molecule has 0 fully saturated rings. The number of hydrogen-bond acceptors (Lipinski definition) is 6. The number of nitrogens with one attached hydrogen (secondary N) is 1. The molecule has 7 heteroatoms. The minimum Gasteiger partial charge on any atom is -0.454 e. The number of ether oxygens (including phenoxy) is 2. The van der Waals surface area contributed by atoms with Crippen LogP contribution in [-0.4, -0.2) is 23.2 Å². The smallest absolute Gasteiger partial charge is 0.231 e. The van der Waals surface area contributed by atoms with E-state index < -0.39 is 0 Å². The van der Waals surface area contributed by atoms with E-state index in [2.05, 4.69) is 20.7 Å². The van der Waals surface area contributed by atoms with Crippen LogP contribution in [0.4, 0.5) is 5.82 Å². The summed E-state index contributed by atoms with van der Waals surface area (Å²) >= 11 is 5.63. The average molecular weight is 277 g/mol. The Kier molecular flexibility index (Phi) is 3.16. The van der Waals surface area contributed by atoms with Crippen molar-refractivity contribution in [1.29, 1.82) is 0 Å². The highest BCUT2D eigenvalue weighted by Crippen LogP contribution is 2.31. The number of hydrazone groups is 1. The highest BCUT2D eigenvalue weighted by molar-refractivity contribution is 6.29. The third-order valence-corrected chi connectivity index (χ3v) is 2.62. The van der Waals surface area contributed by atoms with Gasteiger partial charge in [0.1, 0.15) is 0 Å². The van der Waals surface area contributed by atoms with Gasteiger partial charge in [0.05, 0.1) is 6.21 Å². The molecule has 2 heterocycles. The number of hydrogen-bond donors (Lipinski definition) is 1. The van der Waals surface area contributed by atoms with Gasteiger partial charge >= 0.3 is 0 Å². The van der Waals surface area contributed by atoms with Gasteiger partial charge in [-0.25, -0.2) is 0 Å². The molecule has 0 amide bonds. The summed E-state index contributed by atoms with van der Waals surface area (Å²) in [6, 6.07) is 8.89. The van der Waals surface area contributed by atoms with E-state index in [1.165, 1.54) is 0 Å². The number of aromatic nitrogens is 2. The fourth-order valence-electron chi connectivity index (χ4n) is 1.54. The van der Waals surface area contributed by atoms with E-state index in [4.69, 9.17) is 21.1 Å². The van der Waals surface area contributed by atoms with E-state index >= 15 is 0 Å². The molecular weight excluding hydrogens is 268 g/mol. The molecule has 96 valence electrons. The number of fused-ring (bicyclic) bond motifs is 1. The first-order valence-electron chi connectivity index (χ1n) is 5.49. The Balaban J connectivity index is 1.67. The first kappa shape index (κ1) is 11.7. The molecule has 1 aliphatic rings. The van der Waals surface area contributed by atoms with Crippen LogP contribution < -0.4 is 14.9 Å². The molecule has 1 N–H and O–H groups in total. The lowest BCUT2D eigenvalue weighted by atomic mass is 10.2. The number of anilines is 1. The van der Waals surface area contributed by atoms with Gasteiger partial charge in [-0.15, -0.1) is 10.2 Å². The van der Waals surface area contributed by atoms with Crippen LogP contribution in [0.3, 0.4) is 0 Å². The molecule has 1 aliphatic heterocycles. The van der Waals surface area contributed by atoms with Crippen molar-refractivity contribution >= 4 is 23.6 Å². The van der Waals surface area contributed by atoms with Gasteiger partial charge in [0.2, 0.25) is 6.79 Å². The van der Waals surface area contributed by atoms with Crippen molar-refractivity contribution in [1.82, 2.24) is 10.2 Å². The molecular formula is C12H9ClN4O2. The van der Waals surface area contributed by atoms with Gasteiger partial charge < -0.3 is 9.47 Å². The Morgan fingerprint density at radius 1 is 1.16 bits per heavy atom. The SMILES string of the molecule is Clc1ccc(N/N=C/c2ccc3c(c2)OCO3)nn1. The zero-order valence-corrected chi connectivity index (χ0v) is 10.5. The molecule has 6 nitrogen and oxygen atoms in total.